The molecule has 2 rings (SSSR count). The van der Waals surface area contributed by atoms with Crippen molar-refractivity contribution in [1.82, 2.24) is 5.16 Å². The first-order valence-electron chi connectivity index (χ1n) is 4.75. The summed E-state index contributed by atoms with van der Waals surface area (Å²) in [6.07, 6.45) is 0. The summed E-state index contributed by atoms with van der Waals surface area (Å²) in [5, 5.41) is 12.4. The minimum Gasteiger partial charge on any atom is -0.495 e. The van der Waals surface area contributed by atoms with Gasteiger partial charge in [0.25, 0.3) is 0 Å². The molecule has 0 unspecified atom stereocenters. The fourth-order valence-corrected chi connectivity index (χ4v) is 1.41. The first-order valence-corrected chi connectivity index (χ1v) is 4.75. The fraction of sp³-hybridized carbons (Fsp3) is 0.0909. The highest BCUT2D eigenvalue weighted by Crippen LogP contribution is 2.27. The van der Waals surface area contributed by atoms with Crippen LogP contribution in [0.2, 0.25) is 0 Å². The van der Waals surface area contributed by atoms with Gasteiger partial charge in [0.1, 0.15) is 11.4 Å². The predicted octanol–water partition coefficient (Wildman–Crippen LogP) is 1.63. The van der Waals surface area contributed by atoms with E-state index in [4.69, 9.17) is 15.6 Å². The normalized spacial score (nSPS) is 10.2. The molecule has 3 N–H and O–H groups in total. The van der Waals surface area contributed by atoms with E-state index >= 15 is 0 Å². The monoisotopic (exact) mass is 234 g/mol. The van der Waals surface area contributed by atoms with Gasteiger partial charge in [-0.3, -0.25) is 0 Å². The number of aromatic carboxylic acids is 1. The van der Waals surface area contributed by atoms with Crippen LogP contribution in [0.3, 0.4) is 0 Å². The number of aromatic nitrogens is 1. The van der Waals surface area contributed by atoms with Gasteiger partial charge in [0.15, 0.2) is 0 Å². The van der Waals surface area contributed by atoms with Crippen molar-refractivity contribution in [3.63, 3.8) is 0 Å². The zero-order chi connectivity index (χ0) is 12.4. The average Bonchev–Trinajstić information content (AvgIpc) is 2.78. The average molecular weight is 234 g/mol. The molecular weight excluding hydrogens is 224 g/mol. The number of carboxylic acids is 1. The third-order valence-electron chi connectivity index (χ3n) is 2.25. The van der Waals surface area contributed by atoms with Gasteiger partial charge in [0, 0.05) is 11.6 Å². The Kier molecular flexibility index (Phi) is 2.70. The summed E-state index contributed by atoms with van der Waals surface area (Å²) < 4.78 is 9.67. The molecule has 0 fully saturated rings. The van der Waals surface area contributed by atoms with Gasteiger partial charge in [0.05, 0.1) is 12.8 Å². The smallest absolute Gasteiger partial charge is 0.374 e. The van der Waals surface area contributed by atoms with Crippen molar-refractivity contribution >= 4 is 11.7 Å². The molecule has 0 aliphatic rings. The second kappa shape index (κ2) is 4.17. The molecule has 1 heterocycles. The number of nitrogens with two attached hydrogens (primary N) is 1. The Morgan fingerprint density at radius 3 is 2.76 bits per heavy atom. The molecular formula is C11H10N2O4. The summed E-state index contributed by atoms with van der Waals surface area (Å²) >= 11 is 0. The topological polar surface area (TPSA) is 98.6 Å². The number of carbonyl (C=O) groups is 1. The highest BCUT2D eigenvalue weighted by molar-refractivity contribution is 5.85. The number of anilines is 1. The highest BCUT2D eigenvalue weighted by Gasteiger charge is 2.13. The number of ether oxygens (including phenoxy) is 1. The first kappa shape index (κ1) is 11.0. The van der Waals surface area contributed by atoms with E-state index in [0.29, 0.717) is 22.7 Å². The van der Waals surface area contributed by atoms with Crippen LogP contribution in [-0.4, -0.2) is 23.3 Å². The number of hydrogen-bond acceptors (Lipinski definition) is 5. The van der Waals surface area contributed by atoms with Crippen molar-refractivity contribution < 1.29 is 19.2 Å². The van der Waals surface area contributed by atoms with Gasteiger partial charge >= 0.3 is 5.97 Å². The third kappa shape index (κ3) is 2.05. The van der Waals surface area contributed by atoms with E-state index in [0.717, 1.165) is 0 Å². The predicted molar refractivity (Wildman–Crippen MR) is 59.9 cm³/mol. The lowest BCUT2D eigenvalue weighted by Gasteiger charge is -2.04. The molecule has 6 nitrogen and oxygen atoms in total. The van der Waals surface area contributed by atoms with Crippen molar-refractivity contribution in [2.45, 2.75) is 0 Å². The van der Waals surface area contributed by atoms with Crippen LogP contribution in [0.4, 0.5) is 5.69 Å². The molecule has 0 aliphatic carbocycles. The van der Waals surface area contributed by atoms with E-state index in [1.165, 1.54) is 13.2 Å². The van der Waals surface area contributed by atoms with E-state index in [9.17, 15) is 4.79 Å². The lowest BCUT2D eigenvalue weighted by atomic mass is 10.1. The number of carboxylic acid groups (broad SMARTS) is 1. The Bertz CT molecular complexity index is 562. The quantitative estimate of drug-likeness (QED) is 0.783. The number of hydrogen-bond donors (Lipinski definition) is 2. The maximum atomic E-state index is 10.6. The molecule has 17 heavy (non-hydrogen) atoms. The van der Waals surface area contributed by atoms with Gasteiger partial charge in [-0.1, -0.05) is 5.16 Å². The van der Waals surface area contributed by atoms with E-state index < -0.39 is 5.97 Å². The zero-order valence-corrected chi connectivity index (χ0v) is 9.01. The highest BCUT2D eigenvalue weighted by atomic mass is 16.5. The molecule has 88 valence electrons. The van der Waals surface area contributed by atoms with Gasteiger partial charge in [-0.25, -0.2) is 4.79 Å². The lowest BCUT2D eigenvalue weighted by molar-refractivity contribution is 0.0652. The fourth-order valence-electron chi connectivity index (χ4n) is 1.41. The van der Waals surface area contributed by atoms with Gasteiger partial charge in [-0.05, 0) is 18.2 Å². The molecule has 0 atom stereocenters. The summed E-state index contributed by atoms with van der Waals surface area (Å²) in [5.41, 5.74) is 7.26. The second-order valence-electron chi connectivity index (χ2n) is 3.34. The number of methoxy groups -OCH3 is 1. The zero-order valence-electron chi connectivity index (χ0n) is 9.01. The number of nitrogen functional groups attached to an aromatic ring is 1. The lowest BCUT2D eigenvalue weighted by Crippen LogP contribution is -1.93. The standard InChI is InChI=1S/C11H10N2O4/c1-16-9-3-2-6(4-7(9)12)8-5-10(11(14)15)17-13-8/h2-5H,12H2,1H3,(H,14,15). The van der Waals surface area contributed by atoms with E-state index in [1.807, 2.05) is 0 Å². The third-order valence-corrected chi connectivity index (χ3v) is 2.25. The minimum absolute atomic E-state index is 0.214. The molecule has 0 bridgehead atoms. The molecule has 2 aromatic rings. The Balaban J connectivity index is 2.39. The maximum Gasteiger partial charge on any atom is 0.374 e. The van der Waals surface area contributed by atoms with Crippen LogP contribution in [0.25, 0.3) is 11.3 Å². The van der Waals surface area contributed by atoms with Crippen molar-refractivity contribution in [3.8, 4) is 17.0 Å². The Labute approximate surface area is 96.6 Å². The molecule has 1 aromatic heterocycles. The van der Waals surface area contributed by atoms with Crippen molar-refractivity contribution in [2.75, 3.05) is 12.8 Å². The second-order valence-corrected chi connectivity index (χ2v) is 3.34. The van der Waals surface area contributed by atoms with Crippen LogP contribution >= 0.6 is 0 Å². The number of benzene rings is 1. The van der Waals surface area contributed by atoms with E-state index in [1.54, 1.807) is 18.2 Å². The molecule has 1 aromatic carbocycles. The molecule has 0 amide bonds. The van der Waals surface area contributed by atoms with Gasteiger partial charge in [0.2, 0.25) is 5.76 Å². The Hall–Kier alpha value is -2.50. The summed E-state index contributed by atoms with van der Waals surface area (Å²) in [7, 11) is 1.52. The van der Waals surface area contributed by atoms with Gasteiger partial charge in [-0.2, -0.15) is 0 Å². The van der Waals surface area contributed by atoms with E-state index in [2.05, 4.69) is 9.68 Å². The Morgan fingerprint density at radius 2 is 2.24 bits per heavy atom. The summed E-state index contributed by atoms with van der Waals surface area (Å²) in [4.78, 5) is 10.6. The molecule has 0 saturated heterocycles. The van der Waals surface area contributed by atoms with Crippen LogP contribution in [0.5, 0.6) is 5.75 Å². The number of nitrogens with zero attached hydrogens (tertiary/aromatic N) is 1. The largest absolute Gasteiger partial charge is 0.495 e. The molecule has 6 heteroatoms. The van der Waals surface area contributed by atoms with Gasteiger partial charge in [-0.15, -0.1) is 0 Å². The van der Waals surface area contributed by atoms with Crippen molar-refractivity contribution in [1.29, 1.82) is 0 Å². The molecule has 0 aliphatic heterocycles. The van der Waals surface area contributed by atoms with Crippen LogP contribution in [0.1, 0.15) is 10.6 Å². The Morgan fingerprint density at radius 1 is 1.47 bits per heavy atom. The SMILES string of the molecule is COc1ccc(-c2cc(C(=O)O)on2)cc1N. The molecule has 0 saturated carbocycles. The summed E-state index contributed by atoms with van der Waals surface area (Å²) in [5.74, 6) is -0.824. The van der Waals surface area contributed by atoms with Crippen LogP contribution in [-0.2, 0) is 0 Å². The summed E-state index contributed by atoms with van der Waals surface area (Å²) in [6, 6.07) is 6.38. The van der Waals surface area contributed by atoms with Crippen molar-refractivity contribution in [2.24, 2.45) is 0 Å². The van der Waals surface area contributed by atoms with Crippen LogP contribution < -0.4 is 10.5 Å². The van der Waals surface area contributed by atoms with Crippen LogP contribution in [0, 0.1) is 0 Å². The first-order chi connectivity index (χ1) is 8.11. The minimum atomic E-state index is -1.16. The molecule has 0 radical (unpaired) electrons. The van der Waals surface area contributed by atoms with Gasteiger partial charge < -0.3 is 20.1 Å². The molecule has 0 spiro atoms. The maximum absolute atomic E-state index is 10.6. The number of rotatable bonds is 3. The summed E-state index contributed by atoms with van der Waals surface area (Å²) in [6.45, 7) is 0. The van der Waals surface area contributed by atoms with Crippen LogP contribution in [0.15, 0.2) is 28.8 Å². The van der Waals surface area contributed by atoms with Crippen molar-refractivity contribution in [3.05, 3.63) is 30.0 Å². The van der Waals surface area contributed by atoms with E-state index in [-0.39, 0.29) is 5.76 Å².